The molecule has 220 valence electrons. The molecule has 2 saturated heterocycles. The van der Waals surface area contributed by atoms with Crippen LogP contribution in [0.15, 0.2) is 36.5 Å². The Bertz CT molecular complexity index is 1420. The number of rotatable bonds is 6. The summed E-state index contributed by atoms with van der Waals surface area (Å²) in [7, 11) is 0. The van der Waals surface area contributed by atoms with E-state index < -0.39 is 0 Å². The summed E-state index contributed by atoms with van der Waals surface area (Å²) in [6.07, 6.45) is 2.56. The molecule has 0 radical (unpaired) electrons. The number of ether oxygens (including phenoxy) is 1. The van der Waals surface area contributed by atoms with Gasteiger partial charge in [-0.05, 0) is 56.5 Å². The fourth-order valence-electron chi connectivity index (χ4n) is 6.94. The number of benzene rings is 1. The molecule has 5 heterocycles. The van der Waals surface area contributed by atoms with Gasteiger partial charge in [0.25, 0.3) is 0 Å². The standard InChI is InChI=1S/C32H43FN6O2/c1-21-16-37(27(14-34-21)17-36-10-11-41-19-22(36)2)18-30(40)38-20-32(4,5)31-28(38)13-25(29-15-35-23(3)39(29)31)12-24-6-8-26(33)9-7-24/h6-9,13,15,21-22,27,34H,10-12,14,16-20H2,1-5H3/t21-,22-,27-/m1/s1. The molecule has 0 unspecified atom stereocenters. The maximum atomic E-state index is 14.2. The molecular weight excluding hydrogens is 519 g/mol. The molecule has 2 aromatic heterocycles. The van der Waals surface area contributed by atoms with E-state index in [1.807, 2.05) is 30.2 Å². The molecule has 41 heavy (non-hydrogen) atoms. The number of carbonyl (C=O) groups excluding carboxylic acids is 1. The van der Waals surface area contributed by atoms with Crippen molar-refractivity contribution in [1.82, 2.24) is 24.5 Å². The first-order chi connectivity index (χ1) is 19.6. The molecule has 1 N–H and O–H groups in total. The largest absolute Gasteiger partial charge is 0.379 e. The second-order valence-corrected chi connectivity index (χ2v) is 12.9. The van der Waals surface area contributed by atoms with Gasteiger partial charge in [-0.2, -0.15) is 0 Å². The number of piperazine rings is 1. The number of halogens is 1. The van der Waals surface area contributed by atoms with Crippen molar-refractivity contribution in [3.05, 3.63) is 65.0 Å². The van der Waals surface area contributed by atoms with E-state index in [0.29, 0.717) is 31.6 Å². The first kappa shape index (κ1) is 28.3. The fourth-order valence-corrected chi connectivity index (χ4v) is 6.94. The number of aryl methyl sites for hydroxylation is 1. The van der Waals surface area contributed by atoms with Gasteiger partial charge in [0, 0.05) is 56.3 Å². The van der Waals surface area contributed by atoms with Gasteiger partial charge in [-0.25, -0.2) is 9.37 Å². The van der Waals surface area contributed by atoms with E-state index >= 15 is 0 Å². The normalized spacial score (nSPS) is 25.1. The third-order valence-electron chi connectivity index (χ3n) is 9.15. The summed E-state index contributed by atoms with van der Waals surface area (Å²) < 4.78 is 21.5. The first-order valence-electron chi connectivity index (χ1n) is 14.9. The maximum absolute atomic E-state index is 14.2. The molecule has 3 aliphatic rings. The van der Waals surface area contributed by atoms with Gasteiger partial charge in [-0.1, -0.05) is 26.0 Å². The van der Waals surface area contributed by atoms with Crippen molar-refractivity contribution in [2.75, 3.05) is 57.4 Å². The van der Waals surface area contributed by atoms with Gasteiger partial charge in [0.1, 0.15) is 11.6 Å². The molecule has 0 aliphatic carbocycles. The highest BCUT2D eigenvalue weighted by molar-refractivity contribution is 5.98. The van der Waals surface area contributed by atoms with Gasteiger partial charge >= 0.3 is 0 Å². The van der Waals surface area contributed by atoms with Crippen LogP contribution in [0, 0.1) is 12.7 Å². The van der Waals surface area contributed by atoms with Crippen LogP contribution < -0.4 is 10.2 Å². The van der Waals surface area contributed by atoms with E-state index in [0.717, 1.165) is 73.2 Å². The van der Waals surface area contributed by atoms with Gasteiger partial charge in [-0.15, -0.1) is 0 Å². The lowest BCUT2D eigenvalue weighted by molar-refractivity contribution is -0.121. The molecule has 6 rings (SSSR count). The second-order valence-electron chi connectivity index (χ2n) is 12.9. The molecule has 3 aromatic rings. The first-order valence-corrected chi connectivity index (χ1v) is 14.9. The van der Waals surface area contributed by atoms with Crippen molar-refractivity contribution in [2.45, 2.75) is 64.6 Å². The van der Waals surface area contributed by atoms with Crippen LogP contribution in [-0.4, -0.2) is 95.7 Å². The zero-order valence-corrected chi connectivity index (χ0v) is 25.0. The number of fused-ring (bicyclic) bond motifs is 3. The number of anilines is 1. The Morgan fingerprint density at radius 3 is 2.73 bits per heavy atom. The highest BCUT2D eigenvalue weighted by atomic mass is 19.1. The predicted octanol–water partition coefficient (Wildman–Crippen LogP) is 3.38. The SMILES string of the molecule is Cc1ncc2c(Cc3ccc(F)cc3)cc3c(n12)C(C)(C)CN3C(=O)CN1C[C@@H](C)NC[C@@H]1CN1CCOC[C@H]1C. The number of aromatic nitrogens is 2. The average Bonchev–Trinajstić information content (AvgIpc) is 3.44. The van der Waals surface area contributed by atoms with Crippen LogP contribution in [-0.2, 0) is 21.4 Å². The van der Waals surface area contributed by atoms with Crippen molar-refractivity contribution >= 4 is 17.1 Å². The fraction of sp³-hybridized carbons (Fsp3) is 0.562. The number of hydrogen-bond acceptors (Lipinski definition) is 6. The van der Waals surface area contributed by atoms with Crippen LogP contribution in [0.2, 0.25) is 0 Å². The van der Waals surface area contributed by atoms with Crippen LogP contribution in [0.3, 0.4) is 0 Å². The summed E-state index contributed by atoms with van der Waals surface area (Å²) in [5, 5.41) is 3.64. The van der Waals surface area contributed by atoms with E-state index in [4.69, 9.17) is 4.74 Å². The van der Waals surface area contributed by atoms with E-state index in [2.05, 4.69) is 58.3 Å². The van der Waals surface area contributed by atoms with Crippen molar-refractivity contribution in [2.24, 2.45) is 0 Å². The van der Waals surface area contributed by atoms with Crippen LogP contribution in [0.25, 0.3) is 5.52 Å². The molecule has 0 spiro atoms. The molecule has 3 aliphatic heterocycles. The molecular formula is C32H43FN6O2. The Hall–Kier alpha value is -2.85. The van der Waals surface area contributed by atoms with Gasteiger partial charge in [0.2, 0.25) is 5.91 Å². The zero-order valence-electron chi connectivity index (χ0n) is 25.0. The molecule has 2 fully saturated rings. The molecule has 3 atom stereocenters. The van der Waals surface area contributed by atoms with E-state index in [1.165, 1.54) is 12.1 Å². The van der Waals surface area contributed by atoms with Crippen LogP contribution in [0.5, 0.6) is 0 Å². The maximum Gasteiger partial charge on any atom is 0.241 e. The van der Waals surface area contributed by atoms with Crippen LogP contribution >= 0.6 is 0 Å². The average molecular weight is 563 g/mol. The number of imidazole rings is 1. The number of amides is 1. The molecule has 8 nitrogen and oxygen atoms in total. The Morgan fingerprint density at radius 1 is 1.20 bits per heavy atom. The minimum atomic E-state index is -0.241. The third kappa shape index (κ3) is 5.52. The summed E-state index contributed by atoms with van der Waals surface area (Å²) in [5.74, 6) is 0.807. The quantitative estimate of drug-likeness (QED) is 0.497. The van der Waals surface area contributed by atoms with E-state index in [9.17, 15) is 9.18 Å². The highest BCUT2D eigenvalue weighted by Gasteiger charge is 2.42. The highest BCUT2D eigenvalue weighted by Crippen LogP contribution is 2.43. The van der Waals surface area contributed by atoms with Gasteiger partial charge in [0.15, 0.2) is 0 Å². The van der Waals surface area contributed by atoms with Crippen molar-refractivity contribution in [3.63, 3.8) is 0 Å². The lowest BCUT2D eigenvalue weighted by Crippen LogP contribution is -2.62. The summed E-state index contributed by atoms with van der Waals surface area (Å²) >= 11 is 0. The number of nitrogens with one attached hydrogen (secondary N) is 1. The molecule has 0 saturated carbocycles. The van der Waals surface area contributed by atoms with Gasteiger partial charge < -0.3 is 15.0 Å². The number of pyridine rings is 1. The lowest BCUT2D eigenvalue weighted by Gasteiger charge is -2.43. The molecule has 1 aromatic carbocycles. The van der Waals surface area contributed by atoms with Crippen molar-refractivity contribution < 1.29 is 13.9 Å². The number of morpholine rings is 1. The number of nitrogens with zero attached hydrogens (tertiary/aromatic N) is 5. The number of hydrogen-bond donors (Lipinski definition) is 1. The minimum Gasteiger partial charge on any atom is -0.379 e. The van der Waals surface area contributed by atoms with Gasteiger partial charge in [-0.3, -0.25) is 19.0 Å². The Morgan fingerprint density at radius 2 is 1.98 bits per heavy atom. The van der Waals surface area contributed by atoms with E-state index in [1.54, 1.807) is 0 Å². The van der Waals surface area contributed by atoms with Crippen LogP contribution in [0.4, 0.5) is 10.1 Å². The minimum absolute atomic E-state index is 0.135. The summed E-state index contributed by atoms with van der Waals surface area (Å²) in [6.45, 7) is 17.0. The predicted molar refractivity (Wildman–Crippen MR) is 159 cm³/mol. The third-order valence-corrected chi connectivity index (χ3v) is 9.15. The topological polar surface area (TPSA) is 65.4 Å². The smallest absolute Gasteiger partial charge is 0.241 e. The lowest BCUT2D eigenvalue weighted by atomic mass is 9.90. The van der Waals surface area contributed by atoms with Crippen molar-refractivity contribution in [1.29, 1.82) is 0 Å². The Balaban J connectivity index is 1.30. The molecule has 1 amide bonds. The molecule has 0 bridgehead atoms. The Kier molecular flexibility index (Phi) is 7.65. The summed E-state index contributed by atoms with van der Waals surface area (Å²) in [5.41, 5.74) is 5.02. The second kappa shape index (κ2) is 11.1. The zero-order chi connectivity index (χ0) is 28.9. The number of carbonyl (C=O) groups is 1. The molecule has 9 heteroatoms. The summed E-state index contributed by atoms with van der Waals surface area (Å²) in [4.78, 5) is 25.8. The summed E-state index contributed by atoms with van der Waals surface area (Å²) in [6, 6.07) is 9.82. The van der Waals surface area contributed by atoms with Crippen molar-refractivity contribution in [3.8, 4) is 0 Å². The van der Waals surface area contributed by atoms with Crippen LogP contribution in [0.1, 0.15) is 50.3 Å². The monoisotopic (exact) mass is 562 g/mol. The van der Waals surface area contributed by atoms with E-state index in [-0.39, 0.29) is 23.2 Å². The van der Waals surface area contributed by atoms with Gasteiger partial charge in [0.05, 0.1) is 42.9 Å². The Labute approximate surface area is 242 Å².